The molecule has 0 unspecified atom stereocenters. The number of methoxy groups -OCH3 is 1. The maximum absolute atomic E-state index is 13.4. The number of hydrogen-bond donors (Lipinski definition) is 1. The number of carbonyl (C=O) groups is 3. The average molecular weight is 602 g/mol. The number of fused-ring (bicyclic) bond motifs is 2. The highest BCUT2D eigenvalue weighted by Crippen LogP contribution is 2.43. The topological polar surface area (TPSA) is 82.2 Å². The number of halogens is 1. The van der Waals surface area contributed by atoms with Gasteiger partial charge in [-0.3, -0.25) is 19.4 Å². The number of nitrogens with zero attached hydrogens (tertiary/aromatic N) is 3. The lowest BCUT2D eigenvalue weighted by Crippen LogP contribution is -2.69. The predicted molar refractivity (Wildman–Crippen MR) is 156 cm³/mol. The summed E-state index contributed by atoms with van der Waals surface area (Å²) >= 11 is 3.53. The van der Waals surface area contributed by atoms with Gasteiger partial charge in [0.15, 0.2) is 0 Å². The van der Waals surface area contributed by atoms with Gasteiger partial charge in [-0.15, -0.1) is 0 Å². The van der Waals surface area contributed by atoms with Gasteiger partial charge < -0.3 is 15.0 Å². The minimum absolute atomic E-state index is 0.0212. The highest BCUT2D eigenvalue weighted by Gasteiger charge is 2.52. The van der Waals surface area contributed by atoms with Crippen LogP contribution in [-0.2, 0) is 0 Å². The molecule has 9 heteroatoms. The van der Waals surface area contributed by atoms with Crippen molar-refractivity contribution in [1.82, 2.24) is 14.7 Å². The summed E-state index contributed by atoms with van der Waals surface area (Å²) in [6.45, 7) is 1.96. The molecule has 4 amide bonds. The standard InChI is InChI=1S/C31H29BrN4O4/c1-40-23-14-12-22(13-15-23)33-31(39)34-16-4-5-17-35-26(18-34)28(20-8-10-21(32)11-9-20)27(35)19-36-29(37)24-6-2-3-7-25(24)30(36)38/h2-15,26-28H,16-19H2,1H3,(H,33,39)/b5-4-/t26-,27+,28+/m0/s1. The van der Waals surface area contributed by atoms with E-state index in [1.54, 1.807) is 31.4 Å². The first kappa shape index (κ1) is 26.3. The number of rotatable bonds is 5. The van der Waals surface area contributed by atoms with Crippen molar-refractivity contribution in [3.63, 3.8) is 0 Å². The SMILES string of the molecule is COc1ccc(NC(=O)N2C/C=C\CN3[C@H](CN4C(=O)c5ccccc5C4=O)[C@H](c4ccc(Br)cc4)[C@@H]3C2)cc1. The summed E-state index contributed by atoms with van der Waals surface area (Å²) in [7, 11) is 1.61. The van der Waals surface area contributed by atoms with Crippen molar-refractivity contribution in [2.24, 2.45) is 0 Å². The molecule has 0 aromatic heterocycles. The Balaban J connectivity index is 1.25. The number of ether oxygens (including phenoxy) is 1. The molecule has 8 nitrogen and oxygen atoms in total. The zero-order valence-corrected chi connectivity index (χ0v) is 23.6. The number of urea groups is 1. The van der Waals surface area contributed by atoms with Crippen molar-refractivity contribution in [2.45, 2.75) is 18.0 Å². The van der Waals surface area contributed by atoms with Gasteiger partial charge in [-0.25, -0.2) is 4.79 Å². The average Bonchev–Trinajstić information content (AvgIpc) is 3.20. The van der Waals surface area contributed by atoms with Crippen LogP contribution in [0.15, 0.2) is 89.4 Å². The Morgan fingerprint density at radius 2 is 1.57 bits per heavy atom. The van der Waals surface area contributed by atoms with Gasteiger partial charge in [0, 0.05) is 54.3 Å². The third kappa shape index (κ3) is 4.80. The molecule has 3 aliphatic heterocycles. The summed E-state index contributed by atoms with van der Waals surface area (Å²) < 4.78 is 6.20. The fourth-order valence-electron chi connectivity index (χ4n) is 5.98. The second kappa shape index (κ2) is 10.9. The first-order valence-electron chi connectivity index (χ1n) is 13.3. The van der Waals surface area contributed by atoms with Crippen molar-refractivity contribution in [3.05, 3.63) is 106 Å². The fourth-order valence-corrected chi connectivity index (χ4v) is 6.25. The lowest BCUT2D eigenvalue weighted by Gasteiger charge is -2.57. The van der Waals surface area contributed by atoms with Crippen LogP contribution in [0.1, 0.15) is 32.2 Å². The Kier molecular flexibility index (Phi) is 7.16. The molecule has 0 aliphatic carbocycles. The number of nitrogens with one attached hydrogen (secondary N) is 1. The molecule has 3 aromatic carbocycles. The number of carbonyl (C=O) groups excluding carboxylic acids is 3. The lowest BCUT2D eigenvalue weighted by atomic mass is 9.74. The van der Waals surface area contributed by atoms with Crippen LogP contribution >= 0.6 is 15.9 Å². The van der Waals surface area contributed by atoms with E-state index in [1.165, 1.54) is 4.90 Å². The van der Waals surface area contributed by atoms with E-state index in [1.807, 2.05) is 47.4 Å². The van der Waals surface area contributed by atoms with Crippen molar-refractivity contribution < 1.29 is 19.1 Å². The van der Waals surface area contributed by atoms with Crippen LogP contribution in [0.25, 0.3) is 0 Å². The second-order valence-corrected chi connectivity index (χ2v) is 11.1. The van der Waals surface area contributed by atoms with E-state index >= 15 is 0 Å². The van der Waals surface area contributed by atoms with E-state index in [9.17, 15) is 14.4 Å². The van der Waals surface area contributed by atoms with Crippen LogP contribution < -0.4 is 10.1 Å². The van der Waals surface area contributed by atoms with Crippen molar-refractivity contribution in [1.29, 1.82) is 0 Å². The fraction of sp³-hybridized carbons (Fsp3) is 0.258. The zero-order chi connectivity index (χ0) is 27.8. The van der Waals surface area contributed by atoms with E-state index < -0.39 is 0 Å². The third-order valence-electron chi connectivity index (χ3n) is 8.03. The van der Waals surface area contributed by atoms with Gasteiger partial charge in [0.25, 0.3) is 11.8 Å². The smallest absolute Gasteiger partial charge is 0.322 e. The maximum Gasteiger partial charge on any atom is 0.322 e. The molecular formula is C31H29BrN4O4. The molecule has 204 valence electrons. The van der Waals surface area contributed by atoms with E-state index in [0.29, 0.717) is 36.4 Å². The van der Waals surface area contributed by atoms with Gasteiger partial charge in [-0.1, -0.05) is 52.3 Å². The molecule has 3 aromatic rings. The summed E-state index contributed by atoms with van der Waals surface area (Å²) in [5.74, 6) is 0.252. The Morgan fingerprint density at radius 3 is 2.23 bits per heavy atom. The number of amides is 4. The van der Waals surface area contributed by atoms with Crippen LogP contribution in [0.3, 0.4) is 0 Å². The number of benzene rings is 3. The summed E-state index contributed by atoms with van der Waals surface area (Å²) in [4.78, 5) is 45.3. The minimum Gasteiger partial charge on any atom is -0.497 e. The van der Waals surface area contributed by atoms with Crippen LogP contribution in [0.2, 0.25) is 0 Å². The molecule has 1 N–H and O–H groups in total. The maximum atomic E-state index is 13.4. The largest absolute Gasteiger partial charge is 0.497 e. The van der Waals surface area contributed by atoms with Gasteiger partial charge in [0.1, 0.15) is 5.75 Å². The monoisotopic (exact) mass is 600 g/mol. The molecule has 3 heterocycles. The van der Waals surface area contributed by atoms with Crippen LogP contribution in [-0.4, -0.2) is 77.9 Å². The highest BCUT2D eigenvalue weighted by atomic mass is 79.9. The molecule has 3 aliphatic rings. The molecule has 6 rings (SSSR count). The van der Waals surface area contributed by atoms with Gasteiger partial charge in [0.2, 0.25) is 0 Å². The van der Waals surface area contributed by atoms with Crippen LogP contribution in [0.5, 0.6) is 5.75 Å². The Morgan fingerprint density at radius 1 is 0.925 bits per heavy atom. The Hall–Kier alpha value is -3.95. The number of imide groups is 1. The van der Waals surface area contributed by atoms with Crippen molar-refractivity contribution >= 4 is 39.5 Å². The van der Waals surface area contributed by atoms with Gasteiger partial charge in [-0.2, -0.15) is 0 Å². The Bertz CT molecular complexity index is 1440. The second-order valence-electron chi connectivity index (χ2n) is 10.2. The van der Waals surface area contributed by atoms with Gasteiger partial charge >= 0.3 is 6.03 Å². The zero-order valence-electron chi connectivity index (χ0n) is 22.0. The highest BCUT2D eigenvalue weighted by molar-refractivity contribution is 9.10. The minimum atomic E-state index is -0.248. The molecular weight excluding hydrogens is 572 g/mol. The normalized spacial score (nSPS) is 23.0. The number of hydrogen-bond acceptors (Lipinski definition) is 5. The van der Waals surface area contributed by atoms with Crippen LogP contribution in [0.4, 0.5) is 10.5 Å². The molecule has 3 atom stereocenters. The van der Waals surface area contributed by atoms with E-state index in [0.717, 1.165) is 15.8 Å². The molecule has 0 bridgehead atoms. The van der Waals surface area contributed by atoms with Crippen molar-refractivity contribution in [2.75, 3.05) is 38.6 Å². The summed E-state index contributed by atoms with van der Waals surface area (Å²) in [5, 5.41) is 3.00. The van der Waals surface area contributed by atoms with E-state index in [4.69, 9.17) is 4.74 Å². The van der Waals surface area contributed by atoms with E-state index in [-0.39, 0.29) is 42.4 Å². The summed E-state index contributed by atoms with van der Waals surface area (Å²) in [5.41, 5.74) is 2.72. The lowest BCUT2D eigenvalue weighted by molar-refractivity contribution is -0.0286. The Labute approximate surface area is 241 Å². The molecule has 0 spiro atoms. The molecule has 1 saturated heterocycles. The third-order valence-corrected chi connectivity index (χ3v) is 8.56. The van der Waals surface area contributed by atoms with E-state index in [2.05, 4.69) is 44.4 Å². The van der Waals surface area contributed by atoms with Gasteiger partial charge in [0.05, 0.1) is 18.2 Å². The molecule has 0 radical (unpaired) electrons. The molecule has 0 saturated carbocycles. The first-order valence-corrected chi connectivity index (χ1v) is 14.1. The molecule has 40 heavy (non-hydrogen) atoms. The molecule has 1 fully saturated rings. The van der Waals surface area contributed by atoms with Gasteiger partial charge in [-0.05, 0) is 54.1 Å². The number of anilines is 1. The quantitative estimate of drug-likeness (QED) is 0.329. The summed E-state index contributed by atoms with van der Waals surface area (Å²) in [6.07, 6.45) is 4.06. The van der Waals surface area contributed by atoms with Crippen molar-refractivity contribution in [3.8, 4) is 5.75 Å². The first-order chi connectivity index (χ1) is 19.4. The summed E-state index contributed by atoms with van der Waals surface area (Å²) in [6, 6.07) is 22.2. The van der Waals surface area contributed by atoms with Crippen LogP contribution in [0, 0.1) is 0 Å². The predicted octanol–water partition coefficient (Wildman–Crippen LogP) is 4.99.